The van der Waals surface area contributed by atoms with Gasteiger partial charge in [-0.2, -0.15) is 0 Å². The summed E-state index contributed by atoms with van der Waals surface area (Å²) >= 11 is 0. The number of anilines is 1. The Labute approximate surface area is 123 Å². The minimum atomic E-state index is -1.06. The van der Waals surface area contributed by atoms with E-state index in [0.717, 1.165) is 13.0 Å². The Morgan fingerprint density at radius 1 is 1.45 bits per heavy atom. The number of nitrogens with zero attached hydrogens (tertiary/aromatic N) is 1. The van der Waals surface area contributed by atoms with Crippen molar-refractivity contribution in [2.24, 2.45) is 0 Å². The van der Waals surface area contributed by atoms with Crippen LogP contribution in [0.3, 0.4) is 0 Å². The second-order valence-electron chi connectivity index (χ2n) is 5.37. The molecular formula is C15H24N2O2S. The maximum Gasteiger partial charge on any atom is 0.120 e. The van der Waals surface area contributed by atoms with Crippen molar-refractivity contribution in [3.8, 4) is 5.75 Å². The first-order valence-electron chi connectivity index (χ1n) is 7.14. The molecule has 1 aromatic carbocycles. The summed E-state index contributed by atoms with van der Waals surface area (Å²) in [6, 6.07) is 5.90. The maximum atomic E-state index is 12.4. The van der Waals surface area contributed by atoms with Gasteiger partial charge in [0.1, 0.15) is 5.75 Å². The molecule has 1 aliphatic heterocycles. The monoisotopic (exact) mass is 296 g/mol. The van der Waals surface area contributed by atoms with Crippen LogP contribution in [-0.2, 0) is 10.8 Å². The molecule has 2 rings (SSSR count). The van der Waals surface area contributed by atoms with Crippen LogP contribution in [0.4, 0.5) is 5.69 Å². The van der Waals surface area contributed by atoms with Crippen LogP contribution in [0.15, 0.2) is 23.1 Å². The summed E-state index contributed by atoms with van der Waals surface area (Å²) in [7, 11) is 2.71. The molecule has 1 heterocycles. The Kier molecular flexibility index (Phi) is 5.43. The molecule has 20 heavy (non-hydrogen) atoms. The topological polar surface area (TPSA) is 55.6 Å². The average molecular weight is 296 g/mol. The van der Waals surface area contributed by atoms with E-state index in [2.05, 4.69) is 11.9 Å². The Bertz CT molecular complexity index is 479. The van der Waals surface area contributed by atoms with Crippen molar-refractivity contribution in [3.63, 3.8) is 0 Å². The number of rotatable bonds is 5. The number of ether oxygens (including phenoxy) is 1. The first-order chi connectivity index (χ1) is 9.61. The van der Waals surface area contributed by atoms with Crippen LogP contribution in [0.1, 0.15) is 25.7 Å². The lowest BCUT2D eigenvalue weighted by molar-refractivity contribution is 0.182. The van der Waals surface area contributed by atoms with Gasteiger partial charge in [0, 0.05) is 17.5 Å². The molecule has 1 saturated heterocycles. The molecule has 0 bridgehead atoms. The van der Waals surface area contributed by atoms with Crippen LogP contribution in [0, 0.1) is 0 Å². The van der Waals surface area contributed by atoms with E-state index in [1.165, 1.54) is 19.3 Å². The number of piperidine rings is 1. The lowest BCUT2D eigenvalue weighted by Gasteiger charge is -2.32. The number of hydrogen-bond donors (Lipinski definition) is 1. The van der Waals surface area contributed by atoms with Gasteiger partial charge in [-0.05, 0) is 51.1 Å². The zero-order chi connectivity index (χ0) is 14.5. The van der Waals surface area contributed by atoms with Crippen molar-refractivity contribution in [3.05, 3.63) is 18.2 Å². The minimum absolute atomic E-state index is 0.555. The first kappa shape index (κ1) is 15.3. The molecule has 5 heteroatoms. The molecule has 0 aliphatic carbocycles. The van der Waals surface area contributed by atoms with Gasteiger partial charge in [-0.25, -0.2) is 0 Å². The van der Waals surface area contributed by atoms with Crippen molar-refractivity contribution in [1.29, 1.82) is 0 Å². The van der Waals surface area contributed by atoms with Crippen LogP contribution >= 0.6 is 0 Å². The van der Waals surface area contributed by atoms with Gasteiger partial charge < -0.3 is 15.4 Å². The Balaban J connectivity index is 1.97. The van der Waals surface area contributed by atoms with Gasteiger partial charge in [-0.15, -0.1) is 0 Å². The Morgan fingerprint density at radius 2 is 2.25 bits per heavy atom. The van der Waals surface area contributed by atoms with E-state index in [1.807, 2.05) is 0 Å². The molecular weight excluding hydrogens is 272 g/mol. The van der Waals surface area contributed by atoms with Crippen molar-refractivity contribution in [2.45, 2.75) is 36.6 Å². The highest BCUT2D eigenvalue weighted by Gasteiger charge is 2.20. The van der Waals surface area contributed by atoms with E-state index >= 15 is 0 Å². The summed E-state index contributed by atoms with van der Waals surface area (Å²) in [5, 5.41) is 0. The van der Waals surface area contributed by atoms with Crippen LogP contribution in [-0.4, -0.2) is 41.6 Å². The molecule has 1 fully saturated rings. The number of nitrogens with two attached hydrogens (primary N) is 1. The highest BCUT2D eigenvalue weighted by Crippen LogP contribution is 2.24. The summed E-state index contributed by atoms with van der Waals surface area (Å²) in [6.07, 6.45) is 4.73. The smallest absolute Gasteiger partial charge is 0.120 e. The minimum Gasteiger partial charge on any atom is -0.497 e. The molecule has 4 nitrogen and oxygen atoms in total. The van der Waals surface area contributed by atoms with E-state index in [1.54, 1.807) is 25.3 Å². The molecule has 2 atom stereocenters. The van der Waals surface area contributed by atoms with E-state index in [9.17, 15) is 4.21 Å². The van der Waals surface area contributed by atoms with E-state index in [0.29, 0.717) is 28.1 Å². The molecule has 0 aromatic heterocycles. The number of methoxy groups -OCH3 is 1. The fourth-order valence-electron chi connectivity index (χ4n) is 2.70. The predicted molar refractivity (Wildman–Crippen MR) is 83.6 cm³/mol. The number of likely N-dealkylation sites (tertiary alicyclic amines) is 1. The largest absolute Gasteiger partial charge is 0.497 e. The third-order valence-corrected chi connectivity index (χ3v) is 5.47. The van der Waals surface area contributed by atoms with Crippen molar-refractivity contribution >= 4 is 16.5 Å². The van der Waals surface area contributed by atoms with Crippen molar-refractivity contribution in [2.75, 3.05) is 32.2 Å². The van der Waals surface area contributed by atoms with E-state index in [4.69, 9.17) is 10.5 Å². The Morgan fingerprint density at radius 3 is 2.95 bits per heavy atom. The average Bonchev–Trinajstić information content (AvgIpc) is 2.46. The molecule has 1 aromatic rings. The fourth-order valence-corrected chi connectivity index (χ4v) is 3.99. The third-order valence-electron chi connectivity index (χ3n) is 4.02. The number of nitrogen functional groups attached to an aromatic ring is 1. The standard InChI is InChI=1S/C15H24N2O2S/c1-17-9-4-3-5-12(17)8-10-20(18)15-11-13(19-2)6-7-14(15)16/h6-7,11-12H,3-5,8-10,16H2,1-2H3. The summed E-state index contributed by atoms with van der Waals surface area (Å²) in [5.74, 6) is 1.36. The SMILES string of the molecule is COc1ccc(N)c(S(=O)CCC2CCCCN2C)c1. The van der Waals surface area contributed by atoms with Crippen LogP contribution in [0.25, 0.3) is 0 Å². The van der Waals surface area contributed by atoms with Crippen LogP contribution in [0.2, 0.25) is 0 Å². The molecule has 0 spiro atoms. The van der Waals surface area contributed by atoms with Gasteiger partial charge in [0.2, 0.25) is 0 Å². The zero-order valence-corrected chi connectivity index (χ0v) is 13.1. The lowest BCUT2D eigenvalue weighted by atomic mass is 10.0. The summed E-state index contributed by atoms with van der Waals surface area (Å²) in [4.78, 5) is 3.08. The van der Waals surface area contributed by atoms with Gasteiger partial charge >= 0.3 is 0 Å². The fraction of sp³-hybridized carbons (Fsp3) is 0.600. The lowest BCUT2D eigenvalue weighted by Crippen LogP contribution is -2.37. The molecule has 1 aliphatic rings. The summed E-state index contributed by atoms with van der Waals surface area (Å²) in [5.41, 5.74) is 6.51. The van der Waals surface area contributed by atoms with Crippen molar-refractivity contribution in [1.82, 2.24) is 4.90 Å². The van der Waals surface area contributed by atoms with Gasteiger partial charge in [0.05, 0.1) is 22.8 Å². The van der Waals surface area contributed by atoms with Gasteiger partial charge in [0.25, 0.3) is 0 Å². The van der Waals surface area contributed by atoms with Gasteiger partial charge in [-0.3, -0.25) is 4.21 Å². The highest BCUT2D eigenvalue weighted by atomic mass is 32.2. The highest BCUT2D eigenvalue weighted by molar-refractivity contribution is 7.85. The molecule has 2 N–H and O–H groups in total. The first-order valence-corrected chi connectivity index (χ1v) is 8.46. The quantitative estimate of drug-likeness (QED) is 0.847. The normalized spacial score (nSPS) is 21.6. The molecule has 0 saturated carbocycles. The van der Waals surface area contributed by atoms with Crippen molar-refractivity contribution < 1.29 is 8.95 Å². The van der Waals surface area contributed by atoms with Gasteiger partial charge in [0.15, 0.2) is 0 Å². The van der Waals surface area contributed by atoms with E-state index in [-0.39, 0.29) is 0 Å². The zero-order valence-electron chi connectivity index (χ0n) is 12.3. The van der Waals surface area contributed by atoms with Crippen LogP contribution < -0.4 is 10.5 Å². The Hall–Kier alpha value is -1.07. The third kappa shape index (κ3) is 3.73. The number of hydrogen-bond acceptors (Lipinski definition) is 4. The second-order valence-corrected chi connectivity index (χ2v) is 6.91. The molecule has 2 unspecified atom stereocenters. The second kappa shape index (κ2) is 7.09. The predicted octanol–water partition coefficient (Wildman–Crippen LogP) is 2.26. The molecule has 0 radical (unpaired) electrons. The molecule has 112 valence electrons. The molecule has 0 amide bonds. The van der Waals surface area contributed by atoms with Gasteiger partial charge in [-0.1, -0.05) is 6.42 Å². The summed E-state index contributed by atoms with van der Waals surface area (Å²) in [6.45, 7) is 1.15. The number of benzene rings is 1. The summed E-state index contributed by atoms with van der Waals surface area (Å²) < 4.78 is 17.6. The van der Waals surface area contributed by atoms with Crippen LogP contribution in [0.5, 0.6) is 5.75 Å². The van der Waals surface area contributed by atoms with E-state index < -0.39 is 10.8 Å². The maximum absolute atomic E-state index is 12.4.